The summed E-state index contributed by atoms with van der Waals surface area (Å²) in [6, 6.07) is 32.9. The topological polar surface area (TPSA) is 48.8 Å². The van der Waals surface area contributed by atoms with Crippen LogP contribution in [-0.2, 0) is 24.5 Å². The summed E-state index contributed by atoms with van der Waals surface area (Å²) in [5, 5.41) is 2.18. The van der Waals surface area contributed by atoms with Crippen LogP contribution in [-0.4, -0.2) is 19.1 Å². The molecule has 4 aromatic heterocycles. The van der Waals surface area contributed by atoms with E-state index >= 15 is 0 Å². The number of benzene rings is 4. The molecule has 308 valence electrons. The number of para-hydroxylation sites is 1. The molecule has 4 aromatic carbocycles. The lowest BCUT2D eigenvalue weighted by Gasteiger charge is -2.23. The van der Waals surface area contributed by atoms with Gasteiger partial charge in [-0.05, 0) is 101 Å². The van der Waals surface area contributed by atoms with Crippen LogP contribution in [0.4, 0.5) is 0 Å². The SMILES string of the molecule is [2H]C([2H])(c1cc(-[n+]2[c-]n(-c3cc(Oc4ccc5c6ccccc6n(-c6cc(C(C)(C)C)ccn6)c5c4)ccn3)c3ccc(C([2H])([2H])C(C)(C)C)cc32)cc(C([2H])([2H])C(C)(C)C)c1)C(C)(C)C. The molecule has 6 nitrogen and oxygen atoms in total. The molecule has 0 amide bonds. The van der Waals surface area contributed by atoms with Crippen molar-refractivity contribution in [3.8, 4) is 28.8 Å². The Balaban J connectivity index is 1.29. The molecule has 0 N–H and O–H groups in total. The van der Waals surface area contributed by atoms with Crippen LogP contribution in [0.2, 0.25) is 0 Å². The minimum absolute atomic E-state index is 0.0643. The summed E-state index contributed by atoms with van der Waals surface area (Å²) in [4.78, 5) is 9.63. The van der Waals surface area contributed by atoms with Crippen molar-refractivity contribution >= 4 is 32.8 Å². The number of ether oxygens (including phenoxy) is 1. The van der Waals surface area contributed by atoms with Crippen LogP contribution >= 0.6 is 0 Å². The molecule has 8 aromatic rings. The molecule has 0 unspecified atom stereocenters. The van der Waals surface area contributed by atoms with E-state index in [1.54, 1.807) is 45.7 Å². The van der Waals surface area contributed by atoms with Gasteiger partial charge in [0.15, 0.2) is 5.82 Å². The van der Waals surface area contributed by atoms with Crippen molar-refractivity contribution in [3.63, 3.8) is 0 Å². The summed E-state index contributed by atoms with van der Waals surface area (Å²) in [6.45, 7) is 23.2. The second-order valence-corrected chi connectivity index (χ2v) is 20.0. The van der Waals surface area contributed by atoms with Gasteiger partial charge in [0.2, 0.25) is 0 Å². The molecular weight excluding hydrogens is 735 g/mol. The number of imidazole rings is 1. The lowest BCUT2D eigenvalue weighted by atomic mass is 9.84. The van der Waals surface area contributed by atoms with Crippen molar-refractivity contribution in [1.82, 2.24) is 19.1 Å². The molecule has 0 aliphatic heterocycles. The van der Waals surface area contributed by atoms with Crippen LogP contribution in [0.15, 0.2) is 116 Å². The Morgan fingerprint density at radius 2 is 1.18 bits per heavy atom. The fraction of sp³-hybridized carbons (Fsp3) is 0.352. The van der Waals surface area contributed by atoms with Crippen LogP contribution in [0.3, 0.4) is 0 Å². The molecule has 0 fully saturated rings. The summed E-state index contributed by atoms with van der Waals surface area (Å²) in [7, 11) is 0. The first-order chi connectivity index (χ1) is 30.5. The molecule has 4 heterocycles. The summed E-state index contributed by atoms with van der Waals surface area (Å²) in [5.41, 5.74) is 3.59. The van der Waals surface area contributed by atoms with E-state index in [4.69, 9.17) is 14.7 Å². The second kappa shape index (κ2) is 15.1. The number of pyridine rings is 2. The van der Waals surface area contributed by atoms with Crippen molar-refractivity contribution < 1.29 is 17.5 Å². The van der Waals surface area contributed by atoms with Gasteiger partial charge in [0, 0.05) is 43.5 Å². The van der Waals surface area contributed by atoms with Crippen LogP contribution < -0.4 is 9.30 Å². The van der Waals surface area contributed by atoms with Crippen molar-refractivity contribution in [2.45, 2.75) is 108 Å². The standard InChI is InChI=1S/C54H61N5O/c1-51(2,3)32-36-17-20-46-48(28-36)57(40-26-37(33-52(4,5)6)25-38(27-40)34-53(7,8)9)35-58(46)49-31-42(22-24-55-49)60-41-18-19-44-43-15-13-14-16-45(43)59(47(44)30-41)50-29-39(21-23-56-50)54(10,11)12/h13-31H,32-34H2,1-12H3/i32D2,33D2,34D2. The van der Waals surface area contributed by atoms with Gasteiger partial charge in [-0.1, -0.05) is 136 Å². The Kier molecular flexibility index (Phi) is 8.54. The van der Waals surface area contributed by atoms with Gasteiger partial charge in [-0.15, -0.1) is 0 Å². The van der Waals surface area contributed by atoms with Crippen molar-refractivity contribution in [3.05, 3.63) is 144 Å². The minimum Gasteiger partial charge on any atom is -0.458 e. The van der Waals surface area contributed by atoms with Gasteiger partial charge in [-0.25, -0.2) is 4.98 Å². The van der Waals surface area contributed by atoms with Gasteiger partial charge >= 0.3 is 0 Å². The normalized spacial score (nSPS) is 15.1. The molecule has 0 saturated carbocycles. The third-order valence-corrected chi connectivity index (χ3v) is 10.1. The first-order valence-corrected chi connectivity index (χ1v) is 20.8. The third kappa shape index (κ3) is 8.89. The fourth-order valence-corrected chi connectivity index (χ4v) is 7.72. The first kappa shape index (κ1) is 34.0. The average Bonchev–Trinajstić information content (AvgIpc) is 3.78. The number of hydrogen-bond acceptors (Lipinski definition) is 3. The van der Waals surface area contributed by atoms with Gasteiger partial charge in [0.05, 0.1) is 27.8 Å². The highest BCUT2D eigenvalue weighted by Gasteiger charge is 2.22. The molecule has 8 rings (SSSR count). The van der Waals surface area contributed by atoms with Crippen molar-refractivity contribution in [1.29, 1.82) is 0 Å². The van der Waals surface area contributed by atoms with Crippen LogP contribution in [0.1, 0.15) is 114 Å². The van der Waals surface area contributed by atoms with Crippen molar-refractivity contribution in [2.75, 3.05) is 0 Å². The Labute approximate surface area is 365 Å². The van der Waals surface area contributed by atoms with Crippen LogP contribution in [0.25, 0.3) is 50.2 Å². The summed E-state index contributed by atoms with van der Waals surface area (Å²) >= 11 is 0. The van der Waals surface area contributed by atoms with E-state index in [0.717, 1.165) is 27.6 Å². The lowest BCUT2D eigenvalue weighted by Crippen LogP contribution is -2.30. The summed E-state index contributed by atoms with van der Waals surface area (Å²) in [5.74, 6) is 2.44. The Hall–Kier alpha value is -5.75. The molecule has 0 saturated heterocycles. The minimum atomic E-state index is -1.85. The predicted molar refractivity (Wildman–Crippen MR) is 248 cm³/mol. The molecule has 6 heteroatoms. The van der Waals surface area contributed by atoms with E-state index in [1.165, 1.54) is 5.56 Å². The van der Waals surface area contributed by atoms with E-state index in [0.29, 0.717) is 50.7 Å². The Morgan fingerprint density at radius 3 is 1.87 bits per heavy atom. The van der Waals surface area contributed by atoms with Gasteiger partial charge < -0.3 is 4.74 Å². The number of rotatable bonds is 8. The quantitative estimate of drug-likeness (QED) is 0.114. The summed E-state index contributed by atoms with van der Waals surface area (Å²) < 4.78 is 68.2. The number of nitrogens with zero attached hydrogens (tertiary/aromatic N) is 5. The summed E-state index contributed by atoms with van der Waals surface area (Å²) in [6.07, 6.45) is 1.59. The van der Waals surface area contributed by atoms with Gasteiger partial charge in [0.1, 0.15) is 17.3 Å². The average molecular weight is 802 g/mol. The zero-order chi connectivity index (χ0) is 48.2. The zero-order valence-corrected chi connectivity index (χ0v) is 37.1. The van der Waals surface area contributed by atoms with Gasteiger partial charge in [-0.3, -0.25) is 18.7 Å². The van der Waals surface area contributed by atoms with E-state index in [2.05, 4.69) is 62.0 Å². The predicted octanol–water partition coefficient (Wildman–Crippen LogP) is 13.5. The monoisotopic (exact) mass is 802 g/mol. The molecule has 0 aliphatic carbocycles. The highest BCUT2D eigenvalue weighted by Crippen LogP contribution is 2.36. The largest absolute Gasteiger partial charge is 0.458 e. The Morgan fingerprint density at radius 1 is 0.567 bits per heavy atom. The van der Waals surface area contributed by atoms with E-state index < -0.39 is 35.4 Å². The lowest BCUT2D eigenvalue weighted by molar-refractivity contribution is -0.572. The van der Waals surface area contributed by atoms with Crippen LogP contribution in [0, 0.1) is 22.6 Å². The third-order valence-electron chi connectivity index (χ3n) is 10.1. The maximum atomic E-state index is 9.34. The highest BCUT2D eigenvalue weighted by molar-refractivity contribution is 6.09. The molecular formula is C54H61N5O. The van der Waals surface area contributed by atoms with Crippen LogP contribution in [0.5, 0.6) is 11.5 Å². The molecule has 0 atom stereocenters. The number of fused-ring (bicyclic) bond motifs is 4. The fourth-order valence-electron chi connectivity index (χ4n) is 7.72. The smallest absolute Gasteiger partial charge is 0.271 e. The molecule has 0 radical (unpaired) electrons. The molecule has 0 aliphatic rings. The van der Waals surface area contributed by atoms with Gasteiger partial charge in [-0.2, -0.15) is 0 Å². The molecule has 60 heavy (non-hydrogen) atoms. The van der Waals surface area contributed by atoms with Gasteiger partial charge in [0.25, 0.3) is 6.33 Å². The van der Waals surface area contributed by atoms with Crippen molar-refractivity contribution in [2.24, 2.45) is 16.2 Å². The number of aromatic nitrogens is 5. The number of hydrogen-bond donors (Lipinski definition) is 0. The Bertz CT molecular complexity index is 3110. The second-order valence-electron chi connectivity index (χ2n) is 20.0. The maximum Gasteiger partial charge on any atom is 0.271 e. The van der Waals surface area contributed by atoms with E-state index in [-0.39, 0.29) is 5.41 Å². The molecule has 0 bridgehead atoms. The zero-order valence-electron chi connectivity index (χ0n) is 43.1. The van der Waals surface area contributed by atoms with E-state index in [9.17, 15) is 8.22 Å². The van der Waals surface area contributed by atoms with E-state index in [1.807, 2.05) is 111 Å². The first-order valence-electron chi connectivity index (χ1n) is 23.8. The molecule has 0 spiro atoms. The maximum absolute atomic E-state index is 9.34. The highest BCUT2D eigenvalue weighted by atomic mass is 16.5.